The second-order valence-corrected chi connectivity index (χ2v) is 13.4. The number of benzene rings is 1. The van der Waals surface area contributed by atoms with Crippen LogP contribution in [0, 0.1) is 28.7 Å². The van der Waals surface area contributed by atoms with Crippen LogP contribution in [-0.2, 0) is 37.1 Å². The molecule has 5 atom stereocenters. The van der Waals surface area contributed by atoms with Crippen LogP contribution < -0.4 is 11.3 Å². The van der Waals surface area contributed by atoms with Gasteiger partial charge in [-0.3, -0.25) is 38.0 Å². The Hall–Kier alpha value is -4.95. The number of ether oxygens (including phenoxy) is 4. The van der Waals surface area contributed by atoms with Crippen molar-refractivity contribution in [3.8, 4) is 0 Å². The number of para-hydroxylation sites is 1. The summed E-state index contributed by atoms with van der Waals surface area (Å²) in [5.74, 6) is -0.242. The number of rotatable bonds is 15. The Balaban J connectivity index is 1.68. The molecule has 0 aliphatic carbocycles. The van der Waals surface area contributed by atoms with Gasteiger partial charge in [-0.05, 0) is 6.07 Å². The standard InChI is InChI=1S/C29H35N8O12P/c1-29(2,3)23(17-9-7-8-10-18(17)37(40)41)49-28(39)48-22-21(43-6)19(15-46-50(42,44-13-11-31-4)45-14-12-32-5)47-26(22)36-16-33-20-24(36)34-27(30)35-25(20)38/h7-10,16,19,21-23,26H,11-15H2,1-3,6H3,(H3,30,34,35,38)/t19-,21+,22?,23?,26-/m1/s1. The predicted molar refractivity (Wildman–Crippen MR) is 172 cm³/mol. The first-order valence-electron chi connectivity index (χ1n) is 14.9. The molecule has 50 heavy (non-hydrogen) atoms. The zero-order valence-corrected chi connectivity index (χ0v) is 28.3. The molecule has 21 heteroatoms. The predicted octanol–water partition coefficient (Wildman–Crippen LogP) is 3.83. The highest BCUT2D eigenvalue weighted by Gasteiger charge is 2.51. The van der Waals surface area contributed by atoms with E-state index in [1.54, 1.807) is 26.8 Å². The number of nitrogens with zero attached hydrogens (tertiary/aromatic N) is 6. The number of hydrogen-bond acceptors (Lipinski definition) is 15. The number of imidazole rings is 1. The van der Waals surface area contributed by atoms with Crippen molar-refractivity contribution in [1.82, 2.24) is 19.5 Å². The third-order valence-corrected chi connectivity index (χ3v) is 8.70. The Morgan fingerprint density at radius 1 is 1.18 bits per heavy atom. The number of fused-ring (bicyclic) bond motifs is 1. The van der Waals surface area contributed by atoms with Crippen LogP contribution in [-0.4, -0.2) is 88.9 Å². The van der Waals surface area contributed by atoms with Gasteiger partial charge < -0.3 is 34.4 Å². The first kappa shape index (κ1) is 37.9. The van der Waals surface area contributed by atoms with Gasteiger partial charge in [0.15, 0.2) is 23.5 Å². The molecule has 1 aliphatic heterocycles. The fourth-order valence-corrected chi connectivity index (χ4v) is 6.26. The number of carbonyl (C=O) groups is 1. The van der Waals surface area contributed by atoms with Crippen molar-refractivity contribution in [3.63, 3.8) is 0 Å². The van der Waals surface area contributed by atoms with E-state index in [9.17, 15) is 24.3 Å². The van der Waals surface area contributed by atoms with Gasteiger partial charge in [-0.15, -0.1) is 0 Å². The number of anilines is 1. The molecule has 2 aromatic heterocycles. The molecule has 1 saturated heterocycles. The van der Waals surface area contributed by atoms with Crippen LogP contribution in [0.4, 0.5) is 16.4 Å². The molecule has 4 rings (SSSR count). The monoisotopic (exact) mass is 718 g/mol. The van der Waals surface area contributed by atoms with Crippen molar-refractivity contribution in [2.24, 2.45) is 5.41 Å². The lowest BCUT2D eigenvalue weighted by Crippen LogP contribution is -2.39. The summed E-state index contributed by atoms with van der Waals surface area (Å²) in [7, 11) is -3.06. The van der Waals surface area contributed by atoms with Gasteiger partial charge in [-0.2, -0.15) is 4.98 Å². The third kappa shape index (κ3) is 8.79. The molecule has 1 fully saturated rings. The smallest absolute Gasteiger partial charge is 0.425 e. The zero-order chi connectivity index (χ0) is 36.6. The van der Waals surface area contributed by atoms with Crippen molar-refractivity contribution in [2.45, 2.75) is 51.4 Å². The maximum absolute atomic E-state index is 13.6. The summed E-state index contributed by atoms with van der Waals surface area (Å²) in [6.07, 6.45) is -6.28. The van der Waals surface area contributed by atoms with E-state index < -0.39 is 67.1 Å². The van der Waals surface area contributed by atoms with Crippen LogP contribution in [0.25, 0.3) is 20.9 Å². The number of nitrogens with one attached hydrogen (secondary N) is 1. The molecule has 2 unspecified atom stereocenters. The number of methoxy groups -OCH3 is 1. The Bertz CT molecular complexity index is 1860. The zero-order valence-electron chi connectivity index (χ0n) is 27.4. The van der Waals surface area contributed by atoms with Gasteiger partial charge in [0.05, 0.1) is 23.4 Å². The lowest BCUT2D eigenvalue weighted by atomic mass is 9.84. The van der Waals surface area contributed by atoms with E-state index >= 15 is 0 Å². The van der Waals surface area contributed by atoms with E-state index in [2.05, 4.69) is 24.6 Å². The quantitative estimate of drug-likeness (QED) is 0.0567. The summed E-state index contributed by atoms with van der Waals surface area (Å²) < 4.78 is 54.0. The number of H-pyrrole nitrogens is 1. The summed E-state index contributed by atoms with van der Waals surface area (Å²) in [4.78, 5) is 54.2. The van der Waals surface area contributed by atoms with Gasteiger partial charge in [-0.25, -0.2) is 27.5 Å². The average Bonchev–Trinajstić information content (AvgIpc) is 3.63. The molecule has 1 aromatic carbocycles. The Morgan fingerprint density at radius 2 is 1.84 bits per heavy atom. The number of aromatic amines is 1. The van der Waals surface area contributed by atoms with Crippen LogP contribution in [0.15, 0.2) is 35.4 Å². The minimum absolute atomic E-state index is 0.0438. The second-order valence-electron chi connectivity index (χ2n) is 11.7. The molecule has 3 heterocycles. The first-order chi connectivity index (χ1) is 23.7. The molecule has 0 bridgehead atoms. The molecule has 3 N–H and O–H groups in total. The van der Waals surface area contributed by atoms with Crippen molar-refractivity contribution in [2.75, 3.05) is 45.8 Å². The summed E-state index contributed by atoms with van der Waals surface area (Å²) >= 11 is 0. The topological polar surface area (TPSA) is 240 Å². The van der Waals surface area contributed by atoms with E-state index in [0.717, 1.165) is 0 Å². The summed E-state index contributed by atoms with van der Waals surface area (Å²) in [5.41, 5.74) is 3.98. The summed E-state index contributed by atoms with van der Waals surface area (Å²) in [6, 6.07) is 5.81. The number of nitro benzene ring substituents is 1. The molecule has 0 amide bonds. The largest absolute Gasteiger partial charge is 0.509 e. The normalized spacial score (nSPS) is 19.8. The Kier molecular flexibility index (Phi) is 12.2. The molecular formula is C29H35N8O12P. The highest BCUT2D eigenvalue weighted by Crippen LogP contribution is 2.50. The number of aromatic nitrogens is 4. The summed E-state index contributed by atoms with van der Waals surface area (Å²) in [5, 5.41) is 11.8. The fourth-order valence-electron chi connectivity index (χ4n) is 5.10. The number of hydrogen-bond donors (Lipinski definition) is 2. The van der Waals surface area contributed by atoms with Crippen molar-refractivity contribution < 1.29 is 46.8 Å². The van der Waals surface area contributed by atoms with Crippen LogP contribution in [0.1, 0.15) is 38.7 Å². The molecule has 20 nitrogen and oxygen atoms in total. The highest BCUT2D eigenvalue weighted by atomic mass is 31.2. The van der Waals surface area contributed by atoms with Crippen LogP contribution >= 0.6 is 7.82 Å². The number of nitrogen functional groups attached to an aromatic ring is 1. The highest BCUT2D eigenvalue weighted by molar-refractivity contribution is 7.48. The minimum atomic E-state index is -4.34. The average molecular weight is 719 g/mol. The van der Waals surface area contributed by atoms with E-state index in [-0.39, 0.29) is 54.7 Å². The number of phosphoric ester groups is 1. The van der Waals surface area contributed by atoms with Crippen molar-refractivity contribution in [1.29, 1.82) is 0 Å². The molecule has 0 radical (unpaired) electrons. The molecule has 1 aliphatic rings. The maximum atomic E-state index is 13.6. The van der Waals surface area contributed by atoms with E-state index in [1.807, 2.05) is 0 Å². The maximum Gasteiger partial charge on any atom is 0.509 e. The van der Waals surface area contributed by atoms with Gasteiger partial charge in [0.25, 0.3) is 11.2 Å². The number of carbonyl (C=O) groups excluding carboxylic acids is 1. The van der Waals surface area contributed by atoms with E-state index in [4.69, 9.17) is 51.4 Å². The summed E-state index contributed by atoms with van der Waals surface area (Å²) in [6.45, 7) is 17.6. The number of phosphoric acid groups is 1. The van der Waals surface area contributed by atoms with Gasteiger partial charge >= 0.3 is 14.0 Å². The van der Waals surface area contributed by atoms with Gasteiger partial charge in [0.2, 0.25) is 19.0 Å². The Labute approximate surface area is 285 Å². The van der Waals surface area contributed by atoms with Crippen LogP contribution in [0.2, 0.25) is 0 Å². The lowest BCUT2D eigenvalue weighted by Gasteiger charge is -2.31. The molecule has 268 valence electrons. The van der Waals surface area contributed by atoms with Gasteiger partial charge in [0.1, 0.15) is 31.5 Å². The van der Waals surface area contributed by atoms with E-state index in [0.29, 0.717) is 0 Å². The molecule has 0 spiro atoms. The van der Waals surface area contributed by atoms with Crippen LogP contribution in [0.5, 0.6) is 0 Å². The first-order valence-corrected chi connectivity index (χ1v) is 16.4. The molecule has 3 aromatic rings. The number of nitro groups is 1. The van der Waals surface area contributed by atoms with Crippen molar-refractivity contribution in [3.05, 3.63) is 79.5 Å². The second kappa shape index (κ2) is 16.2. The van der Waals surface area contributed by atoms with Gasteiger partial charge in [-0.1, -0.05) is 32.9 Å². The molecular weight excluding hydrogens is 683 g/mol. The fraction of sp³-hybridized carbons (Fsp3) is 0.517. The molecule has 0 saturated carbocycles. The number of nitrogens with two attached hydrogens (primary N) is 1. The van der Waals surface area contributed by atoms with Gasteiger partial charge in [0, 0.05) is 18.6 Å². The third-order valence-electron chi connectivity index (χ3n) is 7.23. The lowest BCUT2D eigenvalue weighted by molar-refractivity contribution is -0.386. The minimum Gasteiger partial charge on any atom is -0.425 e. The van der Waals surface area contributed by atoms with E-state index in [1.165, 1.54) is 36.2 Å². The Morgan fingerprint density at radius 3 is 2.44 bits per heavy atom. The van der Waals surface area contributed by atoms with Crippen LogP contribution in [0.3, 0.4) is 0 Å². The van der Waals surface area contributed by atoms with Crippen molar-refractivity contribution >= 4 is 36.8 Å². The SMILES string of the molecule is [C-]#[N+]CCOP(=O)(OCC[N+]#[C-])OC[C@H]1O[C@@H](n2cnc3c(=O)[nH]c(N)nc32)C(OC(=O)OC(c2ccccc2[N+](=O)[O-])C(C)(C)C)[C@H]1OC.